The molecule has 0 saturated carbocycles. The summed E-state index contributed by atoms with van der Waals surface area (Å²) < 4.78 is 33.5. The van der Waals surface area contributed by atoms with E-state index in [9.17, 15) is 18.6 Å². The Bertz CT molecular complexity index is 1150. The molecule has 8 heteroatoms. The van der Waals surface area contributed by atoms with Crippen LogP contribution in [0.2, 0.25) is 37.8 Å². The van der Waals surface area contributed by atoms with Crippen LogP contribution < -0.4 is 0 Å². The van der Waals surface area contributed by atoms with Crippen molar-refractivity contribution in [3.8, 4) is 11.5 Å². The van der Waals surface area contributed by atoms with E-state index in [0.29, 0.717) is 19.4 Å². The number of sulfone groups is 1. The summed E-state index contributed by atoms with van der Waals surface area (Å²) in [5.74, 6) is 3.12. The topological polar surface area (TPSA) is 83.8 Å². The molecule has 0 amide bonds. The van der Waals surface area contributed by atoms with Gasteiger partial charge in [-0.25, -0.2) is 8.42 Å². The summed E-state index contributed by atoms with van der Waals surface area (Å²) in [6.45, 7) is 21.6. The van der Waals surface area contributed by atoms with E-state index in [0.717, 1.165) is 12.0 Å². The third kappa shape index (κ3) is 12.6. The predicted molar refractivity (Wildman–Crippen MR) is 174 cm³/mol. The average Bonchev–Trinajstić information content (AvgIpc) is 2.82. The van der Waals surface area contributed by atoms with E-state index < -0.39 is 43.2 Å². The van der Waals surface area contributed by atoms with Crippen molar-refractivity contribution in [1.29, 1.82) is 0 Å². The zero-order chi connectivity index (χ0) is 30.8. The van der Waals surface area contributed by atoms with E-state index in [1.165, 1.54) is 6.92 Å². The van der Waals surface area contributed by atoms with E-state index in [1.807, 2.05) is 13.0 Å². The third-order valence-electron chi connectivity index (χ3n) is 7.50. The predicted octanol–water partition coefficient (Wildman–Crippen LogP) is 7.30. The number of hydrogen-bond donors (Lipinski definition) is 2. The van der Waals surface area contributed by atoms with E-state index >= 15 is 0 Å². The second-order valence-corrected chi connectivity index (χ2v) is 25.4. The van der Waals surface area contributed by atoms with Gasteiger partial charge in [0, 0.05) is 6.42 Å². The van der Waals surface area contributed by atoms with Crippen molar-refractivity contribution in [3.63, 3.8) is 0 Å². The number of benzene rings is 1. The molecule has 0 saturated heterocycles. The zero-order valence-corrected chi connectivity index (χ0v) is 29.4. The van der Waals surface area contributed by atoms with Crippen molar-refractivity contribution in [1.82, 2.24) is 0 Å². The van der Waals surface area contributed by atoms with Gasteiger partial charge in [-0.3, -0.25) is 0 Å². The molecule has 0 heterocycles. The van der Waals surface area contributed by atoms with E-state index in [-0.39, 0.29) is 22.8 Å². The monoisotopic (exact) mass is 606 g/mol. The van der Waals surface area contributed by atoms with Crippen LogP contribution in [-0.4, -0.2) is 58.6 Å². The first kappa shape index (κ1) is 36.5. The maximum atomic E-state index is 13.6. The Balaban J connectivity index is 3.02. The Morgan fingerprint density at radius 2 is 1.65 bits per heavy atom. The highest BCUT2D eigenvalue weighted by atomic mass is 32.2. The molecule has 0 fully saturated rings. The van der Waals surface area contributed by atoms with Crippen LogP contribution >= 0.6 is 0 Å². The normalized spacial score (nSPS) is 16.8. The molecule has 0 aliphatic heterocycles. The molecular weight excluding hydrogens is 553 g/mol. The number of rotatable bonds is 14. The Labute approximate surface area is 247 Å². The number of aliphatic hydroxyl groups excluding tert-OH is 1. The fourth-order valence-electron chi connectivity index (χ4n) is 3.80. The van der Waals surface area contributed by atoms with Gasteiger partial charge in [0.15, 0.2) is 18.2 Å². The minimum atomic E-state index is -3.78. The number of aliphatic hydroxyl groups is 2. The van der Waals surface area contributed by atoms with Crippen molar-refractivity contribution < 1.29 is 23.1 Å². The smallest absolute Gasteiger partial charge is 0.192 e. The van der Waals surface area contributed by atoms with Gasteiger partial charge in [0.1, 0.15) is 8.07 Å². The second kappa shape index (κ2) is 15.1. The van der Waals surface area contributed by atoms with Crippen LogP contribution in [-0.2, 0) is 14.3 Å². The van der Waals surface area contributed by atoms with Gasteiger partial charge < -0.3 is 14.6 Å². The number of hydrogen-bond acceptors (Lipinski definition) is 5. The van der Waals surface area contributed by atoms with Crippen molar-refractivity contribution in [2.24, 2.45) is 0 Å². The van der Waals surface area contributed by atoms with Gasteiger partial charge in [-0.2, -0.15) is 0 Å². The summed E-state index contributed by atoms with van der Waals surface area (Å²) in [6, 6.07) is 8.32. The quantitative estimate of drug-likeness (QED) is 0.132. The van der Waals surface area contributed by atoms with Crippen LogP contribution in [0.25, 0.3) is 0 Å². The highest BCUT2D eigenvalue weighted by molar-refractivity contribution is 7.92. The fraction of sp³-hybridized carbons (Fsp3) is 0.625. The Morgan fingerprint density at radius 1 is 1.05 bits per heavy atom. The van der Waals surface area contributed by atoms with E-state index in [2.05, 4.69) is 71.0 Å². The first-order valence-corrected chi connectivity index (χ1v) is 22.3. The highest BCUT2D eigenvalue weighted by Crippen LogP contribution is 2.36. The molecule has 1 aromatic carbocycles. The maximum Gasteiger partial charge on any atom is 0.192 e. The summed E-state index contributed by atoms with van der Waals surface area (Å²) >= 11 is 0. The van der Waals surface area contributed by atoms with Crippen molar-refractivity contribution >= 4 is 26.2 Å². The Hall–Kier alpha value is -1.48. The fourth-order valence-corrected chi connectivity index (χ4v) is 7.26. The lowest BCUT2D eigenvalue weighted by atomic mass is 9.90. The van der Waals surface area contributed by atoms with Crippen LogP contribution in [0.3, 0.4) is 0 Å². The molecule has 40 heavy (non-hydrogen) atoms. The van der Waals surface area contributed by atoms with Crippen LogP contribution in [0.1, 0.15) is 66.7 Å². The van der Waals surface area contributed by atoms with Gasteiger partial charge in [0.25, 0.3) is 0 Å². The molecule has 2 N–H and O–H groups in total. The molecule has 0 aliphatic rings. The van der Waals surface area contributed by atoms with Gasteiger partial charge in [-0.05, 0) is 69.8 Å². The molecule has 0 aromatic heterocycles. The molecular formula is C32H54O5SSi2. The van der Waals surface area contributed by atoms with Gasteiger partial charge in [0.2, 0.25) is 0 Å². The van der Waals surface area contributed by atoms with E-state index in [4.69, 9.17) is 4.43 Å². The van der Waals surface area contributed by atoms with Gasteiger partial charge in [-0.15, -0.1) is 11.5 Å². The third-order valence-corrected chi connectivity index (χ3v) is 15.0. The maximum absolute atomic E-state index is 13.6. The van der Waals surface area contributed by atoms with Gasteiger partial charge in [-0.1, -0.05) is 82.4 Å². The zero-order valence-electron chi connectivity index (χ0n) is 26.5. The summed E-state index contributed by atoms with van der Waals surface area (Å²) in [6.07, 6.45) is 6.85. The SMILES string of the molecule is C/C(=C\C(C[C@](C)(O)C(O)CCC#C[Si](C)(C)C)S(=O)(=O)c1ccccc1)CC/C=C/CO[Si](C)(C)C(C)(C)C. The molecule has 5 nitrogen and oxygen atoms in total. The lowest BCUT2D eigenvalue weighted by Crippen LogP contribution is -2.43. The molecule has 1 rings (SSSR count). The molecule has 1 aromatic rings. The Morgan fingerprint density at radius 3 is 2.20 bits per heavy atom. The molecule has 2 unspecified atom stereocenters. The summed E-state index contributed by atoms with van der Waals surface area (Å²) in [5.41, 5.74) is 2.60. The van der Waals surface area contributed by atoms with Gasteiger partial charge in [0.05, 0.1) is 28.5 Å². The van der Waals surface area contributed by atoms with Crippen molar-refractivity contribution in [2.75, 3.05) is 6.61 Å². The first-order valence-electron chi connectivity index (χ1n) is 14.3. The molecule has 226 valence electrons. The number of allylic oxidation sites excluding steroid dienone is 2. The molecule has 0 bridgehead atoms. The summed E-state index contributed by atoms with van der Waals surface area (Å²) in [4.78, 5) is 0.206. The Kier molecular flexibility index (Phi) is 13.8. The lowest BCUT2D eigenvalue weighted by molar-refractivity contribution is -0.0681. The minimum Gasteiger partial charge on any atom is -0.413 e. The van der Waals surface area contributed by atoms with Crippen molar-refractivity contribution in [3.05, 3.63) is 54.1 Å². The minimum absolute atomic E-state index is 0.111. The average molecular weight is 607 g/mol. The molecule has 0 spiro atoms. The lowest BCUT2D eigenvalue weighted by Gasteiger charge is -2.35. The van der Waals surface area contributed by atoms with Crippen LogP contribution in [0, 0.1) is 11.5 Å². The largest absolute Gasteiger partial charge is 0.413 e. The summed E-state index contributed by atoms with van der Waals surface area (Å²) in [7, 11) is -7.09. The molecule has 0 aliphatic carbocycles. The highest BCUT2D eigenvalue weighted by Gasteiger charge is 2.38. The first-order chi connectivity index (χ1) is 18.2. The van der Waals surface area contributed by atoms with Crippen LogP contribution in [0.4, 0.5) is 0 Å². The van der Waals surface area contributed by atoms with E-state index in [1.54, 1.807) is 36.4 Å². The van der Waals surface area contributed by atoms with Crippen molar-refractivity contribution in [2.45, 2.75) is 126 Å². The molecule has 3 atom stereocenters. The van der Waals surface area contributed by atoms with Crippen LogP contribution in [0.5, 0.6) is 0 Å². The summed E-state index contributed by atoms with van der Waals surface area (Å²) in [5, 5.41) is 21.2. The standard InChI is InChI=1S/C32H54O5SSi2/c1-27(19-13-12-17-23-37-40(9,10)31(2,3)4)25-29(38(35,36)28-20-14-11-15-21-28)26-32(5,34)30(33)22-16-18-24-39(6,7)8/h11-12,14-15,17,20-21,25,29-30,33-34H,13,16,19,22-23,26H2,1-10H3/b17-12+,27-25+/t29?,30?,32-/m0/s1. The second-order valence-electron chi connectivity index (χ2n) is 13.7. The molecule has 0 radical (unpaired) electrons. The van der Waals surface area contributed by atoms with Crippen LogP contribution in [0.15, 0.2) is 59.0 Å². The van der Waals surface area contributed by atoms with Gasteiger partial charge >= 0.3 is 0 Å².